The normalized spacial score (nSPS) is 20.1. The summed E-state index contributed by atoms with van der Waals surface area (Å²) in [6.45, 7) is 3.15. The van der Waals surface area contributed by atoms with Crippen LogP contribution in [0.5, 0.6) is 17.2 Å². The summed E-state index contributed by atoms with van der Waals surface area (Å²) < 4.78 is 194. The fraction of sp³-hybridized carbons (Fsp3) is 0.608. The molecule has 38 nitrogen and oxygen atoms in total. The second-order valence-corrected chi connectivity index (χ2v) is 28.8. The molecule has 2 saturated heterocycles. The largest absolute Gasteiger partial charge is 0.527 e. The zero-order chi connectivity index (χ0) is 84.7. The number of phosphoric ester groups is 2. The monoisotopic (exact) mass is 1750 g/mol. The quantitative estimate of drug-likeness (QED) is 0.0120. The zero-order valence-electron chi connectivity index (χ0n) is 67.1. The Bertz CT molecular complexity index is 3660. The molecule has 2 aliphatic rings. The molecule has 0 saturated carbocycles. The van der Waals surface area contributed by atoms with Crippen LogP contribution >= 0.6 is 27.2 Å². The molecule has 7 rings (SSSR count). The predicted molar refractivity (Wildman–Crippen MR) is 429 cm³/mol. The van der Waals surface area contributed by atoms with Crippen LogP contribution in [0.15, 0.2) is 156 Å². The van der Waals surface area contributed by atoms with E-state index in [4.69, 9.17) is 149 Å². The molecule has 0 bridgehead atoms. The van der Waals surface area contributed by atoms with Crippen LogP contribution in [0, 0.1) is 11.3 Å². The molecule has 120 heavy (non-hydrogen) atoms. The summed E-state index contributed by atoms with van der Waals surface area (Å²) in [6, 6.07) is 44.4. The minimum atomic E-state index is -5.42. The molecule has 2 aliphatic heterocycles. The van der Waals surface area contributed by atoms with Gasteiger partial charge in [0.1, 0.15) is 66.1 Å². The highest BCUT2D eigenvalue weighted by Crippen LogP contribution is 2.55. The maximum atomic E-state index is 16.1. The van der Waals surface area contributed by atoms with Gasteiger partial charge in [0.25, 0.3) is 0 Å². The highest BCUT2D eigenvalue weighted by molar-refractivity contribution is 7.48. The Balaban J connectivity index is 1.13. The Hall–Kier alpha value is -6.68. The van der Waals surface area contributed by atoms with Crippen molar-refractivity contribution < 1.29 is 146 Å². The summed E-state index contributed by atoms with van der Waals surface area (Å²) in [6.07, 6.45) is -15.8. The third-order valence-corrected chi connectivity index (χ3v) is 19.4. The van der Waals surface area contributed by atoms with Crippen LogP contribution in [0.3, 0.4) is 0 Å². The maximum absolute atomic E-state index is 16.1. The van der Waals surface area contributed by atoms with Gasteiger partial charge in [-0.3, -0.25) is 23.0 Å². The zero-order valence-corrected chi connectivity index (χ0v) is 69.7. The molecule has 12 atom stereocenters. The Morgan fingerprint density at radius 3 is 1.11 bits per heavy atom. The summed E-state index contributed by atoms with van der Waals surface area (Å²) in [7, 11) is -10.7. The van der Waals surface area contributed by atoms with Gasteiger partial charge in [-0.2, -0.15) is 5.26 Å². The first kappa shape index (κ1) is 100. The van der Waals surface area contributed by atoms with Gasteiger partial charge in [0.2, 0.25) is 12.6 Å². The fourth-order valence-electron chi connectivity index (χ4n) is 11.1. The van der Waals surface area contributed by atoms with Crippen molar-refractivity contribution in [2.45, 2.75) is 81.0 Å². The number of aliphatic hydroxyl groups is 1. The lowest BCUT2D eigenvalue weighted by Gasteiger charge is -2.46. The van der Waals surface area contributed by atoms with Crippen molar-refractivity contribution in [1.29, 1.82) is 5.26 Å². The summed E-state index contributed by atoms with van der Waals surface area (Å²) in [5.74, 6) is 0.314. The van der Waals surface area contributed by atoms with E-state index >= 15 is 4.57 Å². The number of ether oxygens (including phenoxy) is 22. The first-order valence-electron chi connectivity index (χ1n) is 39.4. The van der Waals surface area contributed by atoms with Crippen LogP contribution < -0.4 is 14.0 Å². The van der Waals surface area contributed by atoms with Gasteiger partial charge in [-0.1, -0.05) is 131 Å². The van der Waals surface area contributed by atoms with Gasteiger partial charge >= 0.3 is 15.6 Å². The van der Waals surface area contributed by atoms with Crippen molar-refractivity contribution in [2.24, 2.45) is 10.2 Å². The van der Waals surface area contributed by atoms with Gasteiger partial charge in [-0.25, -0.2) is 9.13 Å². The van der Waals surface area contributed by atoms with E-state index in [9.17, 15) is 19.8 Å². The summed E-state index contributed by atoms with van der Waals surface area (Å²) in [5, 5.41) is 28.2. The third kappa shape index (κ3) is 43.1. The van der Waals surface area contributed by atoms with E-state index in [1.54, 1.807) is 66.7 Å². The van der Waals surface area contributed by atoms with E-state index < -0.39 is 96.9 Å². The number of aliphatic hydroxyl groups excluding tert-OH is 1. The summed E-state index contributed by atoms with van der Waals surface area (Å²) >= 11 is 6.50. The van der Waals surface area contributed by atoms with Crippen molar-refractivity contribution in [3.8, 4) is 23.3 Å². The number of benzene rings is 5. The topological polar surface area (TPSA) is 445 Å². The van der Waals surface area contributed by atoms with Crippen LogP contribution in [0.1, 0.15) is 17.5 Å². The lowest BCUT2D eigenvalue weighted by atomic mass is 9.98. The maximum Gasteiger partial charge on any atom is 0.527 e. The average Bonchev–Trinajstić information content (AvgIpc) is 0.776. The number of hydrogen-bond donors (Lipinski definition) is 2. The molecule has 0 radical (unpaired) electrons. The van der Waals surface area contributed by atoms with E-state index in [1.165, 1.54) is 18.2 Å². The molecule has 2 fully saturated rings. The van der Waals surface area contributed by atoms with Gasteiger partial charge < -0.3 is 114 Å². The number of hydrogen-bond acceptors (Lipinski definition) is 33. The second-order valence-electron chi connectivity index (χ2n) is 25.4. The number of nitrogens with zero attached hydrogens (tertiary/aromatic N) is 7. The molecule has 2 N–H and O–H groups in total. The van der Waals surface area contributed by atoms with Gasteiger partial charge in [-0.15, -0.1) is 0 Å². The lowest BCUT2D eigenvalue weighted by molar-refractivity contribution is -0.298. The molecule has 0 aromatic heterocycles. The molecule has 41 heteroatoms. The summed E-state index contributed by atoms with van der Waals surface area (Å²) in [4.78, 5) is 17.3. The minimum Gasteiger partial charge on any atom is -0.462 e. The molecule has 0 amide bonds. The van der Waals surface area contributed by atoms with E-state index in [0.717, 1.165) is 11.1 Å². The van der Waals surface area contributed by atoms with E-state index in [0.29, 0.717) is 65.2 Å². The third-order valence-electron chi connectivity index (χ3n) is 16.7. The molecular weight excluding hydrogens is 1640 g/mol. The van der Waals surface area contributed by atoms with Gasteiger partial charge in [0.15, 0.2) is 0 Å². The number of rotatable bonds is 73. The van der Waals surface area contributed by atoms with Gasteiger partial charge in [0.05, 0.1) is 249 Å². The van der Waals surface area contributed by atoms with Gasteiger partial charge in [-0.05, 0) is 58.6 Å². The molecule has 5 aromatic rings. The van der Waals surface area contributed by atoms with Crippen LogP contribution in [-0.2, 0) is 135 Å². The van der Waals surface area contributed by atoms with Gasteiger partial charge in [0, 0.05) is 22.9 Å². The standard InChI is InChI=1S/C79H112ClN7O31P2/c80-68-24-13-14-25-69(68)116-119(89,90)117-73-71(115-79(113-67-22-11-4-12-23-67)77(109-59-55-102-46-41-95-35-33-93-31-28-85-87-83)75(73)107-57-53-101-44-40-94-34-32-92-30-27-84-86-82)63-111-120(91,110-29-15-26-81)118-72-70(60-88)114-78(112-66-20-9-3-10-21-66)76(108-58-54-103-47-43-97-37-39-99-49-51-105-62-65-18-7-2-8-19-65)74(72)106-56-52-100-45-42-96-36-38-98-48-50-104-61-64-16-5-1-6-17-64/h1-14,16-25,70-79,88H,15,27-63H2,(H,89,90)/t70-,71-,72-,73-,74+,75+,76-,77-,78-,79-,120?/m1/s1. The Morgan fingerprint density at radius 1 is 0.400 bits per heavy atom. The van der Waals surface area contributed by atoms with Crippen molar-refractivity contribution in [3.63, 3.8) is 0 Å². The van der Waals surface area contributed by atoms with Crippen molar-refractivity contribution in [2.75, 3.05) is 231 Å². The number of phosphoric acid groups is 2. The van der Waals surface area contributed by atoms with Crippen LogP contribution in [0.25, 0.3) is 20.9 Å². The average molecular weight is 1750 g/mol. The molecular formula is C79H112ClN7O31P2. The van der Waals surface area contributed by atoms with Crippen LogP contribution in [0.4, 0.5) is 0 Å². The van der Waals surface area contributed by atoms with E-state index in [-0.39, 0.29) is 188 Å². The molecule has 0 aliphatic carbocycles. The van der Waals surface area contributed by atoms with Crippen molar-refractivity contribution in [1.82, 2.24) is 0 Å². The molecule has 2 unspecified atom stereocenters. The SMILES string of the molecule is N#CCCOP(=O)(OC[C@H]1O[C@@H](Oc2ccccc2)[C@H](OCCOCCOCCOCCN=[N+]=[N-])[C@@H](OCCOCCOCCOCCN=[N+]=[N-])[C@@H]1OP(=O)(O)Oc1ccccc1Cl)O[C@H]1[C@H](OCCOCCOCCOCCOCc2ccccc2)[C@@H](OCCOCCOCCOCCOCc2ccccc2)[C@H](Oc2ccccc2)O[C@@H]1CO. The van der Waals surface area contributed by atoms with Crippen LogP contribution in [-0.4, -0.2) is 303 Å². The minimum absolute atomic E-state index is 0.00327. The number of halogens is 1. The first-order valence-corrected chi connectivity index (χ1v) is 42.7. The lowest BCUT2D eigenvalue weighted by Crippen LogP contribution is -2.63. The Labute approximate surface area is 703 Å². The first-order chi connectivity index (χ1) is 59.0. The molecule has 666 valence electrons. The number of nitriles is 1. The Kier molecular flexibility index (Phi) is 53.7. The highest BCUT2D eigenvalue weighted by atomic mass is 35.5. The van der Waals surface area contributed by atoms with E-state index in [2.05, 4.69) is 20.1 Å². The van der Waals surface area contributed by atoms with Crippen molar-refractivity contribution in [3.05, 3.63) is 183 Å². The fourth-order valence-corrected chi connectivity index (χ4v) is 13.8. The highest BCUT2D eigenvalue weighted by Gasteiger charge is 2.55. The predicted octanol–water partition coefficient (Wildman–Crippen LogP) is 10.0. The number of azide groups is 2. The Morgan fingerprint density at radius 2 is 0.733 bits per heavy atom. The molecule has 0 spiro atoms. The molecule has 5 aromatic carbocycles. The molecule has 2 heterocycles. The van der Waals surface area contributed by atoms with Crippen LogP contribution in [0.2, 0.25) is 5.02 Å². The van der Waals surface area contributed by atoms with Crippen molar-refractivity contribution >= 4 is 27.2 Å². The summed E-state index contributed by atoms with van der Waals surface area (Å²) in [5.41, 5.74) is 19.2. The van der Waals surface area contributed by atoms with E-state index in [1.807, 2.05) is 66.7 Å². The smallest absolute Gasteiger partial charge is 0.462 e. The second kappa shape index (κ2) is 64.1. The number of para-hydroxylation sites is 3.